The quantitative estimate of drug-likeness (QED) is 0.834. The van der Waals surface area contributed by atoms with Gasteiger partial charge >= 0.3 is 0 Å². The molecule has 90 valence electrons. The first kappa shape index (κ1) is 11.3. The molecule has 0 unspecified atom stereocenters. The molecule has 18 heavy (non-hydrogen) atoms. The second-order valence-electron chi connectivity index (χ2n) is 4.30. The number of aromatic hydroxyl groups is 1. The first-order chi connectivity index (χ1) is 8.75. The van der Waals surface area contributed by atoms with E-state index in [-0.39, 0.29) is 5.75 Å². The minimum Gasteiger partial charge on any atom is -0.507 e. The maximum Gasteiger partial charge on any atom is 0.126 e. The number of rotatable bonds is 1. The Morgan fingerprint density at radius 3 is 2.72 bits per heavy atom. The van der Waals surface area contributed by atoms with Gasteiger partial charge in [-0.15, -0.1) is 0 Å². The molecule has 0 fully saturated rings. The van der Waals surface area contributed by atoms with E-state index in [0.29, 0.717) is 5.02 Å². The third-order valence-corrected chi connectivity index (χ3v) is 3.37. The second-order valence-corrected chi connectivity index (χ2v) is 4.74. The molecule has 0 aliphatic carbocycles. The smallest absolute Gasteiger partial charge is 0.126 e. The van der Waals surface area contributed by atoms with Gasteiger partial charge in [0.15, 0.2) is 0 Å². The van der Waals surface area contributed by atoms with Crippen molar-refractivity contribution in [3.8, 4) is 5.75 Å². The maximum atomic E-state index is 10.0. The van der Waals surface area contributed by atoms with Gasteiger partial charge in [-0.25, -0.2) is 0 Å². The van der Waals surface area contributed by atoms with Gasteiger partial charge in [-0.3, -0.25) is 4.99 Å². The summed E-state index contributed by atoms with van der Waals surface area (Å²) in [5.41, 5.74) is 3.97. The van der Waals surface area contributed by atoms with Gasteiger partial charge in [0.05, 0.1) is 5.71 Å². The molecule has 1 aliphatic rings. The molecule has 0 aromatic heterocycles. The van der Waals surface area contributed by atoms with Crippen LogP contribution < -0.4 is 0 Å². The van der Waals surface area contributed by atoms with Crippen molar-refractivity contribution in [1.82, 2.24) is 0 Å². The number of hydrogen-bond acceptors (Lipinski definition) is 2. The van der Waals surface area contributed by atoms with Gasteiger partial charge in [0.25, 0.3) is 0 Å². The van der Waals surface area contributed by atoms with Crippen molar-refractivity contribution in [2.75, 3.05) is 6.54 Å². The average Bonchev–Trinajstić information content (AvgIpc) is 2.38. The molecule has 0 atom stereocenters. The number of halogens is 1. The van der Waals surface area contributed by atoms with Crippen LogP contribution in [0.1, 0.15) is 16.7 Å². The Hall–Kier alpha value is -1.80. The van der Waals surface area contributed by atoms with Crippen LogP contribution in [-0.2, 0) is 6.42 Å². The minimum absolute atomic E-state index is 0.179. The van der Waals surface area contributed by atoms with Gasteiger partial charge in [0.1, 0.15) is 5.75 Å². The lowest BCUT2D eigenvalue weighted by atomic mass is 9.93. The highest BCUT2D eigenvalue weighted by molar-refractivity contribution is 6.31. The molecule has 2 aromatic carbocycles. The molecular weight excluding hydrogens is 246 g/mol. The summed E-state index contributed by atoms with van der Waals surface area (Å²) in [5.74, 6) is 0.179. The van der Waals surface area contributed by atoms with Crippen LogP contribution in [0.25, 0.3) is 0 Å². The first-order valence-corrected chi connectivity index (χ1v) is 6.25. The number of aliphatic imine (C=N–C) groups is 1. The number of hydrogen-bond donors (Lipinski definition) is 1. The Morgan fingerprint density at radius 1 is 1.06 bits per heavy atom. The Morgan fingerprint density at radius 2 is 1.89 bits per heavy atom. The van der Waals surface area contributed by atoms with E-state index < -0.39 is 0 Å². The molecule has 0 radical (unpaired) electrons. The van der Waals surface area contributed by atoms with Crippen LogP contribution in [-0.4, -0.2) is 17.4 Å². The Balaban J connectivity index is 2.15. The van der Waals surface area contributed by atoms with Crippen LogP contribution >= 0.6 is 11.6 Å². The van der Waals surface area contributed by atoms with E-state index in [1.165, 1.54) is 5.56 Å². The maximum absolute atomic E-state index is 10.0. The van der Waals surface area contributed by atoms with Crippen LogP contribution in [0.5, 0.6) is 5.75 Å². The predicted molar refractivity (Wildman–Crippen MR) is 73.8 cm³/mol. The van der Waals surface area contributed by atoms with Gasteiger partial charge in [-0.05, 0) is 30.2 Å². The number of phenolic OH excluding ortho intramolecular Hbond substituents is 1. The van der Waals surface area contributed by atoms with E-state index in [9.17, 15) is 5.11 Å². The van der Waals surface area contributed by atoms with Crippen LogP contribution in [0.15, 0.2) is 47.5 Å². The van der Waals surface area contributed by atoms with Crippen molar-refractivity contribution in [2.24, 2.45) is 4.99 Å². The molecular formula is C15H12ClNO. The van der Waals surface area contributed by atoms with Gasteiger partial charge < -0.3 is 5.11 Å². The topological polar surface area (TPSA) is 32.6 Å². The molecule has 3 rings (SSSR count). The molecule has 1 aliphatic heterocycles. The highest BCUT2D eigenvalue weighted by atomic mass is 35.5. The van der Waals surface area contributed by atoms with E-state index in [2.05, 4.69) is 11.1 Å². The summed E-state index contributed by atoms with van der Waals surface area (Å²) in [6.07, 6.45) is 0.952. The predicted octanol–water partition coefficient (Wildman–Crippen LogP) is 3.44. The van der Waals surface area contributed by atoms with Gasteiger partial charge in [-0.2, -0.15) is 0 Å². The monoisotopic (exact) mass is 257 g/mol. The van der Waals surface area contributed by atoms with Gasteiger partial charge in [0, 0.05) is 22.7 Å². The normalized spacial score (nSPS) is 13.9. The van der Waals surface area contributed by atoms with Crippen molar-refractivity contribution in [3.63, 3.8) is 0 Å². The molecule has 0 saturated carbocycles. The van der Waals surface area contributed by atoms with E-state index >= 15 is 0 Å². The number of fused-ring (bicyclic) bond motifs is 1. The largest absolute Gasteiger partial charge is 0.507 e. The third-order valence-electron chi connectivity index (χ3n) is 3.14. The van der Waals surface area contributed by atoms with Crippen LogP contribution in [0, 0.1) is 0 Å². The van der Waals surface area contributed by atoms with E-state index in [0.717, 1.165) is 29.8 Å². The zero-order valence-electron chi connectivity index (χ0n) is 9.73. The number of phenols is 1. The summed E-state index contributed by atoms with van der Waals surface area (Å²) >= 11 is 5.86. The average molecular weight is 258 g/mol. The minimum atomic E-state index is 0.179. The molecule has 0 saturated heterocycles. The molecule has 0 bridgehead atoms. The molecule has 3 heteroatoms. The molecule has 2 nitrogen and oxygen atoms in total. The number of nitrogens with zero attached hydrogens (tertiary/aromatic N) is 1. The standard InChI is InChI=1S/C15H12ClNO/c16-11-5-6-13(14(18)9-11)15-12-4-2-1-3-10(12)7-8-17-15/h1-6,9,18H,7-8H2. The fourth-order valence-electron chi connectivity index (χ4n) is 2.28. The van der Waals surface area contributed by atoms with Crippen LogP contribution in [0.2, 0.25) is 5.02 Å². The molecule has 1 N–H and O–H groups in total. The molecule has 2 aromatic rings. The summed E-state index contributed by atoms with van der Waals surface area (Å²) in [4.78, 5) is 4.55. The Labute approximate surface area is 111 Å². The molecule has 0 amide bonds. The Kier molecular flexibility index (Phi) is 2.80. The lowest BCUT2D eigenvalue weighted by Gasteiger charge is -2.17. The SMILES string of the molecule is Oc1cc(Cl)ccc1C1=NCCc2ccccc21. The van der Waals surface area contributed by atoms with Crippen molar-refractivity contribution < 1.29 is 5.11 Å². The van der Waals surface area contributed by atoms with Crippen molar-refractivity contribution >= 4 is 17.3 Å². The zero-order valence-corrected chi connectivity index (χ0v) is 10.5. The van der Waals surface area contributed by atoms with Gasteiger partial charge in [-0.1, -0.05) is 35.9 Å². The van der Waals surface area contributed by atoms with Gasteiger partial charge in [0.2, 0.25) is 0 Å². The summed E-state index contributed by atoms with van der Waals surface area (Å²) in [5, 5.41) is 10.5. The van der Waals surface area contributed by atoms with Crippen LogP contribution in [0.3, 0.4) is 0 Å². The lowest BCUT2D eigenvalue weighted by Crippen LogP contribution is -2.14. The van der Waals surface area contributed by atoms with Crippen molar-refractivity contribution in [1.29, 1.82) is 0 Å². The lowest BCUT2D eigenvalue weighted by molar-refractivity contribution is 0.474. The Bertz CT molecular complexity index is 634. The van der Waals surface area contributed by atoms with Crippen molar-refractivity contribution in [3.05, 3.63) is 64.2 Å². The fourth-order valence-corrected chi connectivity index (χ4v) is 2.44. The second kappa shape index (κ2) is 4.46. The van der Waals surface area contributed by atoms with E-state index in [4.69, 9.17) is 11.6 Å². The summed E-state index contributed by atoms with van der Waals surface area (Å²) in [7, 11) is 0. The fraction of sp³-hybridized carbons (Fsp3) is 0.133. The molecule has 0 spiro atoms. The molecule has 1 heterocycles. The van der Waals surface area contributed by atoms with Crippen molar-refractivity contribution in [2.45, 2.75) is 6.42 Å². The van der Waals surface area contributed by atoms with Crippen LogP contribution in [0.4, 0.5) is 0 Å². The number of benzene rings is 2. The summed E-state index contributed by atoms with van der Waals surface area (Å²) < 4.78 is 0. The highest BCUT2D eigenvalue weighted by Gasteiger charge is 2.17. The third kappa shape index (κ3) is 1.89. The summed E-state index contributed by atoms with van der Waals surface area (Å²) in [6, 6.07) is 13.3. The summed E-state index contributed by atoms with van der Waals surface area (Å²) in [6.45, 7) is 0.758. The first-order valence-electron chi connectivity index (χ1n) is 5.87. The zero-order chi connectivity index (χ0) is 12.5. The van der Waals surface area contributed by atoms with E-state index in [1.54, 1.807) is 12.1 Å². The van der Waals surface area contributed by atoms with E-state index in [1.807, 2.05) is 24.3 Å². The highest BCUT2D eigenvalue weighted by Crippen LogP contribution is 2.27.